The summed E-state index contributed by atoms with van der Waals surface area (Å²) >= 11 is 0. The van der Waals surface area contributed by atoms with Crippen molar-refractivity contribution in [2.75, 3.05) is 13.2 Å². The van der Waals surface area contributed by atoms with Gasteiger partial charge in [-0.25, -0.2) is 0 Å². The van der Waals surface area contributed by atoms with E-state index >= 15 is 0 Å². The van der Waals surface area contributed by atoms with E-state index in [4.69, 9.17) is 10.2 Å². The first-order chi connectivity index (χ1) is 7.26. The Bertz CT molecular complexity index is 246. The van der Waals surface area contributed by atoms with E-state index < -0.39 is 0 Å². The van der Waals surface area contributed by atoms with Crippen molar-refractivity contribution in [3.8, 4) is 0 Å². The van der Waals surface area contributed by atoms with Gasteiger partial charge in [-0.15, -0.1) is 0 Å². The number of unbranched alkanes of at least 4 members (excludes halogenated alkanes) is 1. The molecule has 15 heavy (non-hydrogen) atoms. The summed E-state index contributed by atoms with van der Waals surface area (Å²) in [5.74, 6) is 0. The lowest BCUT2D eigenvalue weighted by Gasteiger charge is -2.03. The lowest BCUT2D eigenvalue weighted by molar-refractivity contribution is 0.284. The smallest absolute Gasteiger partial charge is 0.0431 e. The molecule has 0 unspecified atom stereocenters. The van der Waals surface area contributed by atoms with Crippen LogP contribution < -0.4 is 0 Å². The van der Waals surface area contributed by atoms with Gasteiger partial charge in [0.1, 0.15) is 0 Å². The van der Waals surface area contributed by atoms with Crippen molar-refractivity contribution in [3.05, 3.63) is 35.4 Å². The van der Waals surface area contributed by atoms with Crippen molar-refractivity contribution >= 4 is 0 Å². The first-order valence-corrected chi connectivity index (χ1v) is 5.52. The van der Waals surface area contributed by atoms with Gasteiger partial charge < -0.3 is 10.2 Å². The normalized spacial score (nSPS) is 9.33. The third kappa shape index (κ3) is 7.11. The molecular weight excluding hydrogens is 188 g/mol. The third-order valence-corrected chi connectivity index (χ3v) is 2.12. The van der Waals surface area contributed by atoms with Crippen LogP contribution in [-0.4, -0.2) is 23.4 Å². The molecule has 0 saturated carbocycles. The molecular formula is C13H22O2. The van der Waals surface area contributed by atoms with Crippen molar-refractivity contribution in [3.63, 3.8) is 0 Å². The first kappa shape index (κ1) is 14.1. The Kier molecular flexibility index (Phi) is 9.13. The van der Waals surface area contributed by atoms with Crippen LogP contribution in [0, 0.1) is 6.92 Å². The second kappa shape index (κ2) is 9.69. The summed E-state index contributed by atoms with van der Waals surface area (Å²) in [5.41, 5.74) is 2.77. The van der Waals surface area contributed by atoms with Gasteiger partial charge in [0.05, 0.1) is 0 Å². The Balaban J connectivity index is 0.000000583. The molecule has 0 aliphatic rings. The highest BCUT2D eigenvalue weighted by molar-refractivity contribution is 5.25. The minimum absolute atomic E-state index is 0.250. The van der Waals surface area contributed by atoms with Crippen LogP contribution in [0.2, 0.25) is 0 Å². The van der Waals surface area contributed by atoms with Crippen molar-refractivity contribution in [1.29, 1.82) is 0 Å². The van der Waals surface area contributed by atoms with Gasteiger partial charge in [-0.3, -0.25) is 0 Å². The molecule has 0 amide bonds. The van der Waals surface area contributed by atoms with Gasteiger partial charge in [0, 0.05) is 13.2 Å². The maximum atomic E-state index is 8.61. The van der Waals surface area contributed by atoms with E-state index in [9.17, 15) is 0 Å². The molecule has 0 aliphatic heterocycles. The number of hydrogen-bond acceptors (Lipinski definition) is 2. The summed E-state index contributed by atoms with van der Waals surface area (Å²) in [6.45, 7) is 4.38. The predicted octanol–water partition coefficient (Wildman–Crippen LogP) is 2.31. The van der Waals surface area contributed by atoms with E-state index in [-0.39, 0.29) is 6.61 Å². The van der Waals surface area contributed by atoms with Gasteiger partial charge in [-0.2, -0.15) is 0 Å². The van der Waals surface area contributed by atoms with Crippen LogP contribution in [0.3, 0.4) is 0 Å². The highest BCUT2D eigenvalue weighted by Crippen LogP contribution is 2.09. The van der Waals surface area contributed by atoms with E-state index in [2.05, 4.69) is 31.2 Å². The molecule has 0 aliphatic carbocycles. The summed E-state index contributed by atoms with van der Waals surface area (Å²) in [6, 6.07) is 8.42. The molecule has 0 spiro atoms. The quantitative estimate of drug-likeness (QED) is 0.749. The fraction of sp³-hybridized carbons (Fsp3) is 0.538. The summed E-state index contributed by atoms with van der Waals surface area (Å²) in [7, 11) is 0. The molecule has 1 aromatic carbocycles. The van der Waals surface area contributed by atoms with Crippen molar-refractivity contribution in [2.24, 2.45) is 0 Å². The monoisotopic (exact) mass is 210 g/mol. The van der Waals surface area contributed by atoms with Crippen LogP contribution in [-0.2, 0) is 6.42 Å². The first-order valence-electron chi connectivity index (χ1n) is 5.52. The van der Waals surface area contributed by atoms with E-state index in [1.807, 2.05) is 0 Å². The maximum absolute atomic E-state index is 8.61. The van der Waals surface area contributed by atoms with Crippen LogP contribution in [0.4, 0.5) is 0 Å². The number of aliphatic hydroxyl groups is 2. The molecule has 0 fully saturated rings. The zero-order chi connectivity index (χ0) is 11.5. The van der Waals surface area contributed by atoms with Crippen molar-refractivity contribution in [2.45, 2.75) is 33.1 Å². The molecule has 86 valence electrons. The van der Waals surface area contributed by atoms with E-state index in [1.54, 1.807) is 6.92 Å². The Morgan fingerprint density at radius 1 is 1.07 bits per heavy atom. The number of aliphatic hydroxyl groups excluding tert-OH is 2. The third-order valence-electron chi connectivity index (χ3n) is 2.12. The topological polar surface area (TPSA) is 40.5 Å². The Morgan fingerprint density at radius 2 is 1.67 bits per heavy atom. The molecule has 2 heteroatoms. The van der Waals surface area contributed by atoms with Crippen LogP contribution in [0.25, 0.3) is 0 Å². The molecule has 1 aromatic rings. The number of rotatable bonds is 4. The van der Waals surface area contributed by atoms with Gasteiger partial charge in [0.25, 0.3) is 0 Å². The Hall–Kier alpha value is -0.860. The average Bonchev–Trinajstić information content (AvgIpc) is 2.22. The van der Waals surface area contributed by atoms with Crippen LogP contribution in [0.1, 0.15) is 30.9 Å². The molecule has 0 heterocycles. The van der Waals surface area contributed by atoms with Gasteiger partial charge in [0.2, 0.25) is 0 Å². The van der Waals surface area contributed by atoms with E-state index in [1.165, 1.54) is 11.1 Å². The van der Waals surface area contributed by atoms with Crippen LogP contribution >= 0.6 is 0 Å². The lowest BCUT2D eigenvalue weighted by atomic mass is 10.0. The predicted molar refractivity (Wildman–Crippen MR) is 64.0 cm³/mol. The van der Waals surface area contributed by atoms with Crippen LogP contribution in [0.15, 0.2) is 24.3 Å². The number of benzene rings is 1. The Labute approximate surface area is 92.6 Å². The zero-order valence-corrected chi connectivity index (χ0v) is 9.74. The van der Waals surface area contributed by atoms with Gasteiger partial charge in [-0.1, -0.05) is 24.3 Å². The lowest BCUT2D eigenvalue weighted by Crippen LogP contribution is -1.91. The molecule has 2 N–H and O–H groups in total. The van der Waals surface area contributed by atoms with Crippen LogP contribution in [0.5, 0.6) is 0 Å². The number of aryl methyl sites for hydroxylation is 2. The summed E-state index contributed by atoms with van der Waals surface area (Å²) in [4.78, 5) is 0. The minimum Gasteiger partial charge on any atom is -0.397 e. The Morgan fingerprint density at radius 3 is 2.20 bits per heavy atom. The molecule has 0 aromatic heterocycles. The minimum atomic E-state index is 0.250. The number of hydrogen-bond donors (Lipinski definition) is 2. The van der Waals surface area contributed by atoms with Crippen molar-refractivity contribution < 1.29 is 10.2 Å². The second-order valence-corrected chi connectivity index (χ2v) is 3.42. The molecule has 0 saturated heterocycles. The van der Waals surface area contributed by atoms with Gasteiger partial charge in [0.15, 0.2) is 0 Å². The average molecular weight is 210 g/mol. The largest absolute Gasteiger partial charge is 0.397 e. The fourth-order valence-electron chi connectivity index (χ4n) is 1.32. The molecule has 1 rings (SSSR count). The summed E-state index contributed by atoms with van der Waals surface area (Å²) < 4.78 is 0. The molecule has 0 bridgehead atoms. The standard InChI is InChI=1S/C11H16O.C2H6O/c1-10-6-2-3-7-11(10)8-4-5-9-12;1-2-3/h2-3,6-7,12H,4-5,8-9H2,1H3;3H,2H2,1H3. The highest BCUT2D eigenvalue weighted by Gasteiger charge is 1.95. The summed E-state index contributed by atoms with van der Waals surface area (Å²) in [5, 5.41) is 16.2. The molecule has 0 atom stereocenters. The van der Waals surface area contributed by atoms with E-state index in [0.29, 0.717) is 6.61 Å². The molecule has 2 nitrogen and oxygen atoms in total. The van der Waals surface area contributed by atoms with E-state index in [0.717, 1.165) is 19.3 Å². The molecule has 0 radical (unpaired) electrons. The highest BCUT2D eigenvalue weighted by atomic mass is 16.3. The second-order valence-electron chi connectivity index (χ2n) is 3.42. The van der Waals surface area contributed by atoms with Gasteiger partial charge >= 0.3 is 0 Å². The van der Waals surface area contributed by atoms with Gasteiger partial charge in [-0.05, 0) is 44.2 Å². The maximum Gasteiger partial charge on any atom is 0.0431 e. The summed E-state index contributed by atoms with van der Waals surface area (Å²) in [6.07, 6.45) is 3.09. The fourth-order valence-corrected chi connectivity index (χ4v) is 1.32. The SMILES string of the molecule is CCO.Cc1ccccc1CCCCO. The zero-order valence-electron chi connectivity index (χ0n) is 9.74. The van der Waals surface area contributed by atoms with Crippen molar-refractivity contribution in [1.82, 2.24) is 0 Å².